The molecule has 12 heteroatoms. The predicted molar refractivity (Wildman–Crippen MR) is 139 cm³/mol. The molecule has 0 atom stereocenters. The number of nitrogens with one attached hydrogen (secondary N) is 2. The summed E-state index contributed by atoms with van der Waals surface area (Å²) in [6.07, 6.45) is -3.18. The molecule has 0 saturated heterocycles. The highest BCUT2D eigenvalue weighted by Gasteiger charge is 2.36. The lowest BCUT2D eigenvalue weighted by atomic mass is 10.1. The van der Waals surface area contributed by atoms with E-state index in [1.165, 1.54) is 24.3 Å². The number of aliphatic imine (C=N–C) groups is 1. The Hall–Kier alpha value is -3.96. The van der Waals surface area contributed by atoms with Gasteiger partial charge < -0.3 is 14.2 Å². The minimum Gasteiger partial charge on any atom is -0.443 e. The van der Waals surface area contributed by atoms with Crippen LogP contribution in [0.25, 0.3) is 0 Å². The lowest BCUT2D eigenvalue weighted by Crippen LogP contribution is -2.47. The van der Waals surface area contributed by atoms with Crippen LogP contribution in [0, 0.1) is 0 Å². The Morgan fingerprint density at radius 1 is 0.711 bits per heavy atom. The van der Waals surface area contributed by atoms with Crippen molar-refractivity contribution in [1.29, 1.82) is 0 Å². The molecule has 1 rings (SSSR count). The Labute approximate surface area is 223 Å². The second-order valence-corrected chi connectivity index (χ2v) is 11.1. The molecule has 0 unspecified atom stereocenters. The summed E-state index contributed by atoms with van der Waals surface area (Å²) >= 11 is 0. The maximum Gasteiger partial charge on any atom is 0.436 e. The maximum atomic E-state index is 13.2. The van der Waals surface area contributed by atoms with Crippen LogP contribution in [0.3, 0.4) is 0 Å². The highest BCUT2D eigenvalue weighted by atomic mass is 16.6. The molecule has 5 amide bonds. The molecule has 38 heavy (non-hydrogen) atoms. The van der Waals surface area contributed by atoms with Crippen molar-refractivity contribution in [1.82, 2.24) is 15.8 Å². The van der Waals surface area contributed by atoms with E-state index in [0.717, 1.165) is 0 Å². The third-order valence-electron chi connectivity index (χ3n) is 4.00. The number of nitrogens with zero attached hydrogens (tertiary/aromatic N) is 2. The molecule has 0 bridgehead atoms. The van der Waals surface area contributed by atoms with Crippen molar-refractivity contribution in [3.05, 3.63) is 35.4 Å². The van der Waals surface area contributed by atoms with E-state index in [1.807, 2.05) is 0 Å². The van der Waals surface area contributed by atoms with Gasteiger partial charge in [0.15, 0.2) is 5.84 Å². The summed E-state index contributed by atoms with van der Waals surface area (Å²) in [6.45, 7) is 16.1. The molecule has 1 aromatic carbocycles. The number of imide groups is 1. The fourth-order valence-electron chi connectivity index (χ4n) is 2.54. The minimum atomic E-state index is -1.14. The van der Waals surface area contributed by atoms with E-state index in [4.69, 9.17) is 14.2 Å². The van der Waals surface area contributed by atoms with E-state index in [-0.39, 0.29) is 23.5 Å². The van der Waals surface area contributed by atoms with Crippen molar-refractivity contribution in [2.75, 3.05) is 0 Å². The largest absolute Gasteiger partial charge is 0.443 e. The van der Waals surface area contributed by atoms with Crippen LogP contribution >= 0.6 is 0 Å². The van der Waals surface area contributed by atoms with Crippen molar-refractivity contribution in [3.8, 4) is 0 Å². The van der Waals surface area contributed by atoms with Gasteiger partial charge in [0.2, 0.25) is 5.91 Å². The normalized spacial score (nSPS) is 12.2. The van der Waals surface area contributed by atoms with Crippen molar-refractivity contribution < 1.29 is 38.2 Å². The molecule has 12 nitrogen and oxygen atoms in total. The van der Waals surface area contributed by atoms with Gasteiger partial charge in [-0.25, -0.2) is 14.4 Å². The molecule has 0 aliphatic heterocycles. The van der Waals surface area contributed by atoms with E-state index in [1.54, 1.807) is 69.2 Å². The molecule has 0 radical (unpaired) electrons. The zero-order valence-electron chi connectivity index (χ0n) is 23.7. The van der Waals surface area contributed by atoms with Crippen LogP contribution in [-0.4, -0.2) is 57.6 Å². The molecular formula is C26H38N4O8. The molecule has 0 aliphatic rings. The molecule has 0 aliphatic carbocycles. The third-order valence-corrected chi connectivity index (χ3v) is 4.00. The van der Waals surface area contributed by atoms with Crippen molar-refractivity contribution in [3.63, 3.8) is 0 Å². The van der Waals surface area contributed by atoms with Gasteiger partial charge in [0, 0.05) is 17.5 Å². The van der Waals surface area contributed by atoms with E-state index >= 15 is 0 Å². The highest BCUT2D eigenvalue weighted by Crippen LogP contribution is 2.19. The number of carbonyl (C=O) groups is 5. The molecule has 210 valence electrons. The molecule has 0 heterocycles. The fourth-order valence-corrected chi connectivity index (χ4v) is 2.54. The first-order valence-electron chi connectivity index (χ1n) is 12.0. The Morgan fingerprint density at radius 2 is 1.13 bits per heavy atom. The molecule has 1 aromatic rings. The van der Waals surface area contributed by atoms with Crippen LogP contribution in [0.1, 0.15) is 91.6 Å². The molecule has 0 aromatic heterocycles. The van der Waals surface area contributed by atoms with E-state index in [2.05, 4.69) is 15.8 Å². The number of ether oxygens (including phenoxy) is 3. The molecule has 2 N–H and O–H groups in total. The van der Waals surface area contributed by atoms with Crippen molar-refractivity contribution >= 4 is 35.9 Å². The van der Waals surface area contributed by atoms with Crippen LogP contribution in [0.15, 0.2) is 29.3 Å². The van der Waals surface area contributed by atoms with Crippen molar-refractivity contribution in [2.45, 2.75) is 92.5 Å². The van der Waals surface area contributed by atoms with E-state index < -0.39 is 46.8 Å². The smallest absolute Gasteiger partial charge is 0.436 e. The Morgan fingerprint density at radius 3 is 1.53 bits per heavy atom. The number of rotatable bonds is 3. The fraction of sp³-hybridized carbons (Fsp3) is 0.538. The summed E-state index contributed by atoms with van der Waals surface area (Å²) < 4.78 is 16.1. The average Bonchev–Trinajstić information content (AvgIpc) is 2.73. The Balaban J connectivity index is 3.61. The number of hydrogen-bond donors (Lipinski definition) is 2. The lowest BCUT2D eigenvalue weighted by Gasteiger charge is -2.29. The van der Waals surface area contributed by atoms with Gasteiger partial charge in [-0.05, 0) is 74.4 Å². The lowest BCUT2D eigenvalue weighted by molar-refractivity contribution is -0.121. The summed E-state index contributed by atoms with van der Waals surface area (Å²) in [4.78, 5) is 67.2. The first-order valence-corrected chi connectivity index (χ1v) is 12.0. The van der Waals surface area contributed by atoms with Crippen LogP contribution < -0.4 is 10.9 Å². The van der Waals surface area contributed by atoms with Gasteiger partial charge in [-0.15, -0.1) is 0 Å². The van der Waals surface area contributed by atoms with Gasteiger partial charge >= 0.3 is 18.3 Å². The second-order valence-electron chi connectivity index (χ2n) is 11.1. The van der Waals surface area contributed by atoms with Gasteiger partial charge in [-0.2, -0.15) is 9.89 Å². The molecule has 0 saturated carbocycles. The Kier molecular flexibility index (Phi) is 10.6. The first kappa shape index (κ1) is 32.1. The number of amidine groups is 1. The number of hydrazine groups is 1. The average molecular weight is 535 g/mol. The number of benzene rings is 1. The summed E-state index contributed by atoms with van der Waals surface area (Å²) in [7, 11) is 0. The minimum absolute atomic E-state index is 0.0988. The highest BCUT2D eigenvalue weighted by molar-refractivity contribution is 6.18. The predicted octanol–water partition coefficient (Wildman–Crippen LogP) is 4.71. The second kappa shape index (κ2) is 12.5. The first-order chi connectivity index (χ1) is 17.2. The molecular weight excluding hydrogens is 496 g/mol. The van der Waals surface area contributed by atoms with Gasteiger partial charge in [0.25, 0.3) is 5.91 Å². The molecule has 0 fully saturated rings. The number of amides is 5. The summed E-state index contributed by atoms with van der Waals surface area (Å²) in [5.41, 5.74) is 1.84. The zero-order valence-corrected chi connectivity index (χ0v) is 23.7. The van der Waals surface area contributed by atoms with Gasteiger partial charge in [-0.3, -0.25) is 20.4 Å². The standard InChI is InChI=1S/C26H38N4O8/c1-11-18(31)28-29-20(32)17-14-12-16(13-15-17)19(27-21(33)36-24(2,3)4)30(22(34)37-25(5,6)7)23(35)38-26(8,9)10/h12-15H,11H2,1-10H3,(H,28,31)(H,29,32). The zero-order chi connectivity index (χ0) is 29.5. The van der Waals surface area contributed by atoms with Gasteiger partial charge in [0.05, 0.1) is 0 Å². The monoisotopic (exact) mass is 534 g/mol. The van der Waals surface area contributed by atoms with Crippen LogP contribution in [-0.2, 0) is 19.0 Å². The SMILES string of the molecule is CCC(=O)NNC(=O)c1ccc(C(=NC(=O)OC(C)(C)C)N(C(=O)OC(C)(C)C)C(=O)OC(C)(C)C)cc1. The van der Waals surface area contributed by atoms with E-state index in [0.29, 0.717) is 4.90 Å². The third kappa shape index (κ3) is 11.4. The van der Waals surface area contributed by atoms with Crippen LogP contribution in [0.5, 0.6) is 0 Å². The summed E-state index contributed by atoms with van der Waals surface area (Å²) in [6, 6.07) is 5.44. The van der Waals surface area contributed by atoms with Crippen molar-refractivity contribution in [2.24, 2.45) is 4.99 Å². The van der Waals surface area contributed by atoms with Gasteiger partial charge in [-0.1, -0.05) is 19.1 Å². The maximum absolute atomic E-state index is 13.2. The summed E-state index contributed by atoms with van der Waals surface area (Å²) in [5.74, 6) is -1.43. The van der Waals surface area contributed by atoms with Crippen LogP contribution in [0.2, 0.25) is 0 Å². The van der Waals surface area contributed by atoms with Crippen LogP contribution in [0.4, 0.5) is 14.4 Å². The topological polar surface area (TPSA) is 153 Å². The number of carbonyl (C=O) groups excluding carboxylic acids is 5. The molecule has 0 spiro atoms. The van der Waals surface area contributed by atoms with E-state index in [9.17, 15) is 24.0 Å². The quantitative estimate of drug-likeness (QED) is 0.245. The summed E-state index contributed by atoms with van der Waals surface area (Å²) in [5, 5.41) is 0. The van der Waals surface area contributed by atoms with Gasteiger partial charge in [0.1, 0.15) is 16.8 Å². The number of hydrogen-bond acceptors (Lipinski definition) is 8. The Bertz CT molecular complexity index is 1050.